The lowest BCUT2D eigenvalue weighted by atomic mass is 9.54. The van der Waals surface area contributed by atoms with Crippen molar-refractivity contribution in [2.75, 3.05) is 0 Å². The summed E-state index contributed by atoms with van der Waals surface area (Å²) in [5.41, 5.74) is 16.0. The van der Waals surface area contributed by atoms with Crippen LogP contribution in [0.15, 0.2) is 61.5 Å². The largest absolute Gasteiger partial charge is 0.405 e. The van der Waals surface area contributed by atoms with Gasteiger partial charge in [0.15, 0.2) is 0 Å². The molecule has 250 valence electrons. The maximum atomic E-state index is 4.93. The van der Waals surface area contributed by atoms with Gasteiger partial charge in [0.25, 0.3) is 0 Å². The maximum absolute atomic E-state index is 4.93. The number of rotatable bonds is 4. The summed E-state index contributed by atoms with van der Waals surface area (Å²) in [5.74, 6) is 1.34. The number of benzene rings is 2. The van der Waals surface area contributed by atoms with Crippen LogP contribution in [-0.2, 0) is 23.8 Å². The number of nitrogens with two attached hydrogens (primary N) is 1. The van der Waals surface area contributed by atoms with E-state index in [2.05, 4.69) is 109 Å². The van der Waals surface area contributed by atoms with Gasteiger partial charge in [0.05, 0.1) is 0 Å². The van der Waals surface area contributed by atoms with Gasteiger partial charge in [0, 0.05) is 24.2 Å². The van der Waals surface area contributed by atoms with Gasteiger partial charge in [-0.25, -0.2) is 0 Å². The third kappa shape index (κ3) is 8.47. The van der Waals surface area contributed by atoms with Gasteiger partial charge in [0.1, 0.15) is 0 Å². The molecule has 2 heteroatoms. The average Bonchev–Trinajstić information content (AvgIpc) is 3.11. The van der Waals surface area contributed by atoms with E-state index in [9.17, 15) is 0 Å². The fraction of sp³-hybridized carbons (Fsp3) is 0.628. The van der Waals surface area contributed by atoms with Crippen molar-refractivity contribution in [1.29, 1.82) is 0 Å². The molecule has 4 unspecified atom stereocenters. The van der Waals surface area contributed by atoms with E-state index in [1.807, 2.05) is 0 Å². The standard InChI is InChI=1S/C33H43N.2C4H10.C2H5N/c1-22-11-13-26-21-34(27-8-6-16-32(4,20-27)30(26)18-22)24(3)28-9-7-17-33(5)29(28)15-14-25-12-10-23(2)19-31(25)33;2*1-3-4-2;1-2-3/h10-13,18-19,27-29H,3,6-9,14-17,20-21H2,1-2,4-5H3;2*3-4H2,1-2H3;2H,1,3H2/t27?,28?,29?,32-,33?;;;/m0.../s1. The second kappa shape index (κ2) is 16.9. The van der Waals surface area contributed by atoms with Crippen molar-refractivity contribution in [2.24, 2.45) is 17.6 Å². The summed E-state index contributed by atoms with van der Waals surface area (Å²) in [4.78, 5) is 2.81. The highest BCUT2D eigenvalue weighted by Crippen LogP contribution is 2.55. The van der Waals surface area contributed by atoms with Crippen molar-refractivity contribution in [1.82, 2.24) is 4.90 Å². The fourth-order valence-electron chi connectivity index (χ4n) is 8.74. The van der Waals surface area contributed by atoms with Crippen molar-refractivity contribution in [3.63, 3.8) is 0 Å². The zero-order valence-electron chi connectivity index (χ0n) is 30.6. The van der Waals surface area contributed by atoms with E-state index in [1.165, 1.54) is 106 Å². The van der Waals surface area contributed by atoms with E-state index >= 15 is 0 Å². The molecule has 2 fully saturated rings. The molecule has 3 aliphatic carbocycles. The SMILES string of the molecule is C=C(C1CCCC2(C)c3cc(C)ccc3CCC12)N1Cc2ccc(C)cc2[C@@]2(C)CCCC1C2.C=CN.CCCC.CCCC. The molecule has 2 nitrogen and oxygen atoms in total. The lowest BCUT2D eigenvalue weighted by molar-refractivity contribution is 0.0811. The van der Waals surface area contributed by atoms with Gasteiger partial charge in [-0.05, 0) is 104 Å². The van der Waals surface area contributed by atoms with Crippen LogP contribution in [0.2, 0.25) is 0 Å². The van der Waals surface area contributed by atoms with Crippen LogP contribution in [0.3, 0.4) is 0 Å². The first-order chi connectivity index (χ1) is 21.5. The quantitative estimate of drug-likeness (QED) is 0.372. The Bertz CT molecular complexity index is 1230. The number of hydrogen-bond donors (Lipinski definition) is 1. The Balaban J connectivity index is 0.000000439. The number of unbranched alkanes of at least 4 members (excludes halogenated alkanes) is 2. The van der Waals surface area contributed by atoms with Crippen LogP contribution in [0.1, 0.15) is 152 Å². The number of nitrogens with zero attached hydrogens (tertiary/aromatic N) is 1. The van der Waals surface area contributed by atoms with Crippen molar-refractivity contribution in [2.45, 2.75) is 162 Å². The Morgan fingerprint density at radius 1 is 0.844 bits per heavy atom. The molecule has 0 amide bonds. The molecule has 0 spiro atoms. The number of allylic oxidation sites excluding steroid dienone is 1. The van der Waals surface area contributed by atoms with Gasteiger partial charge < -0.3 is 10.6 Å². The van der Waals surface area contributed by atoms with E-state index in [-0.39, 0.29) is 0 Å². The van der Waals surface area contributed by atoms with Gasteiger partial charge in [-0.15, -0.1) is 0 Å². The lowest BCUT2D eigenvalue weighted by Crippen LogP contribution is -2.48. The van der Waals surface area contributed by atoms with Crippen LogP contribution >= 0.6 is 0 Å². The third-order valence-corrected chi connectivity index (χ3v) is 11.6. The van der Waals surface area contributed by atoms with E-state index in [1.54, 1.807) is 22.3 Å². The van der Waals surface area contributed by atoms with Crippen LogP contribution in [0.5, 0.6) is 0 Å². The van der Waals surface area contributed by atoms with Crippen LogP contribution in [0.25, 0.3) is 0 Å². The first-order valence-electron chi connectivity index (χ1n) is 18.5. The highest BCUT2D eigenvalue weighted by molar-refractivity contribution is 5.42. The summed E-state index contributed by atoms with van der Waals surface area (Å²) in [6, 6.07) is 15.2. The predicted octanol–water partition coefficient (Wildman–Crippen LogP) is 11.9. The Hall–Kier alpha value is -2.48. The highest BCUT2D eigenvalue weighted by Gasteiger charge is 2.49. The molecule has 0 aromatic heterocycles. The first-order valence-corrected chi connectivity index (χ1v) is 18.5. The molecule has 2 bridgehead atoms. The number of hydrogen-bond acceptors (Lipinski definition) is 2. The number of fused-ring (bicyclic) bond motifs is 7. The molecule has 5 atom stereocenters. The second-order valence-corrected chi connectivity index (χ2v) is 15.0. The molecule has 1 aliphatic heterocycles. The van der Waals surface area contributed by atoms with E-state index in [0.29, 0.717) is 22.8 Å². The summed E-state index contributed by atoms with van der Waals surface area (Å²) in [5, 5.41) is 0. The normalized spacial score (nSPS) is 27.6. The van der Waals surface area contributed by atoms with Crippen LogP contribution in [0, 0.1) is 25.7 Å². The minimum atomic E-state index is 0.299. The monoisotopic (exact) mass is 613 g/mol. The average molecular weight is 613 g/mol. The Morgan fingerprint density at radius 3 is 2.00 bits per heavy atom. The molecule has 1 heterocycles. The molecule has 2 N–H and O–H groups in total. The van der Waals surface area contributed by atoms with Crippen LogP contribution in [-0.4, -0.2) is 10.9 Å². The predicted molar refractivity (Wildman–Crippen MR) is 199 cm³/mol. The Kier molecular flexibility index (Phi) is 13.9. The summed E-state index contributed by atoms with van der Waals surface area (Å²) in [6.07, 6.45) is 18.4. The fourth-order valence-corrected chi connectivity index (χ4v) is 8.74. The minimum Gasteiger partial charge on any atom is -0.405 e. The molecule has 2 aromatic rings. The molecule has 6 rings (SSSR count). The van der Waals surface area contributed by atoms with Crippen LogP contribution < -0.4 is 5.73 Å². The molecule has 2 saturated carbocycles. The molecule has 2 aromatic carbocycles. The highest BCUT2D eigenvalue weighted by atomic mass is 15.2. The summed E-state index contributed by atoms with van der Waals surface area (Å²) in [6.45, 7) is 27.5. The van der Waals surface area contributed by atoms with Gasteiger partial charge in [-0.1, -0.05) is 141 Å². The van der Waals surface area contributed by atoms with Crippen molar-refractivity contribution in [3.05, 3.63) is 94.8 Å². The third-order valence-electron chi connectivity index (χ3n) is 11.6. The Labute approximate surface area is 279 Å². The van der Waals surface area contributed by atoms with Gasteiger partial charge >= 0.3 is 0 Å². The zero-order valence-corrected chi connectivity index (χ0v) is 30.6. The number of aryl methyl sites for hydroxylation is 3. The topological polar surface area (TPSA) is 29.3 Å². The summed E-state index contributed by atoms with van der Waals surface area (Å²) >= 11 is 0. The van der Waals surface area contributed by atoms with Crippen molar-refractivity contribution in [3.8, 4) is 0 Å². The summed E-state index contributed by atoms with van der Waals surface area (Å²) in [7, 11) is 0. The molecular formula is C43H68N2. The van der Waals surface area contributed by atoms with Crippen LogP contribution in [0.4, 0.5) is 0 Å². The smallest absolute Gasteiger partial charge is 0.0432 e. The molecule has 4 aliphatic rings. The molecule has 0 saturated heterocycles. The van der Waals surface area contributed by atoms with E-state index < -0.39 is 0 Å². The van der Waals surface area contributed by atoms with Gasteiger partial charge in [-0.2, -0.15) is 0 Å². The molecular weight excluding hydrogens is 544 g/mol. The maximum Gasteiger partial charge on any atom is 0.0432 e. The van der Waals surface area contributed by atoms with Crippen molar-refractivity contribution < 1.29 is 0 Å². The summed E-state index contributed by atoms with van der Waals surface area (Å²) < 4.78 is 0. The van der Waals surface area contributed by atoms with E-state index in [0.717, 1.165) is 12.5 Å². The molecule has 0 radical (unpaired) electrons. The first kappa shape index (κ1) is 37.0. The minimum absolute atomic E-state index is 0.299. The van der Waals surface area contributed by atoms with E-state index in [4.69, 9.17) is 6.58 Å². The van der Waals surface area contributed by atoms with Gasteiger partial charge in [0.2, 0.25) is 0 Å². The van der Waals surface area contributed by atoms with Gasteiger partial charge in [-0.3, -0.25) is 0 Å². The Morgan fingerprint density at radius 2 is 1.40 bits per heavy atom. The zero-order chi connectivity index (χ0) is 33.2. The molecule has 45 heavy (non-hydrogen) atoms. The van der Waals surface area contributed by atoms with Crippen molar-refractivity contribution >= 4 is 0 Å². The second-order valence-electron chi connectivity index (χ2n) is 15.0. The lowest BCUT2D eigenvalue weighted by Gasteiger charge is -2.53.